The number of aromatic nitrogens is 2. The quantitative estimate of drug-likeness (QED) is 0.700. The minimum Gasteiger partial charge on any atom is -0.481 e. The maximum Gasteiger partial charge on any atom is 0.303 e. The lowest BCUT2D eigenvalue weighted by Gasteiger charge is -2.38. The van der Waals surface area contributed by atoms with Gasteiger partial charge in [0.1, 0.15) is 11.6 Å². The fourth-order valence-corrected chi connectivity index (χ4v) is 4.41. The summed E-state index contributed by atoms with van der Waals surface area (Å²) in [4.78, 5) is 30.7. The maximum absolute atomic E-state index is 13.6. The topological polar surface area (TPSA) is 75.4 Å². The Kier molecular flexibility index (Phi) is 5.53. The van der Waals surface area contributed by atoms with Crippen LogP contribution in [0.25, 0.3) is 11.0 Å². The summed E-state index contributed by atoms with van der Waals surface area (Å²) in [7, 11) is 1.95. The van der Waals surface area contributed by atoms with E-state index in [0.717, 1.165) is 16.9 Å². The Labute approximate surface area is 173 Å². The van der Waals surface area contributed by atoms with E-state index in [0.29, 0.717) is 31.5 Å². The minimum atomic E-state index is -0.833. The number of aryl methyl sites for hydroxylation is 1. The number of piperidine rings is 1. The van der Waals surface area contributed by atoms with Crippen LogP contribution in [0.15, 0.2) is 48.5 Å². The van der Waals surface area contributed by atoms with E-state index < -0.39 is 11.8 Å². The molecular formula is C23H24FN3O3. The van der Waals surface area contributed by atoms with E-state index in [4.69, 9.17) is 4.98 Å². The second-order valence-electron chi connectivity index (χ2n) is 7.95. The van der Waals surface area contributed by atoms with E-state index in [1.807, 2.05) is 35.9 Å². The summed E-state index contributed by atoms with van der Waals surface area (Å²) < 4.78 is 15.6. The van der Waals surface area contributed by atoms with E-state index in [1.165, 1.54) is 18.2 Å². The van der Waals surface area contributed by atoms with Crippen molar-refractivity contribution in [3.05, 3.63) is 65.7 Å². The third-order valence-electron chi connectivity index (χ3n) is 6.01. The lowest BCUT2D eigenvalue weighted by atomic mass is 9.80. The Balaban J connectivity index is 1.58. The average molecular weight is 409 g/mol. The number of imidazole rings is 1. The van der Waals surface area contributed by atoms with E-state index in [-0.39, 0.29) is 24.2 Å². The molecule has 1 aliphatic rings. The third-order valence-corrected chi connectivity index (χ3v) is 6.01. The standard InChI is InChI=1S/C23H24FN3O3/c1-26-20-8-3-2-7-19(20)25-21(26)12-17-14-27(10-9-15(17)13-22(28)29)23(30)16-5-4-6-18(24)11-16/h2-8,11,15,17H,9-10,12-14H2,1H3,(H,28,29). The summed E-state index contributed by atoms with van der Waals surface area (Å²) >= 11 is 0. The smallest absolute Gasteiger partial charge is 0.303 e. The molecular weight excluding hydrogens is 385 g/mol. The number of benzene rings is 2. The van der Waals surface area contributed by atoms with E-state index in [1.54, 1.807) is 11.0 Å². The van der Waals surface area contributed by atoms with Gasteiger partial charge < -0.3 is 14.6 Å². The van der Waals surface area contributed by atoms with Crippen molar-refractivity contribution < 1.29 is 19.1 Å². The van der Waals surface area contributed by atoms with Crippen LogP contribution in [0.5, 0.6) is 0 Å². The number of hydrogen-bond acceptors (Lipinski definition) is 3. The van der Waals surface area contributed by atoms with Gasteiger partial charge in [-0.25, -0.2) is 9.37 Å². The number of amides is 1. The SMILES string of the molecule is Cn1c(CC2CN(C(=O)c3cccc(F)c3)CCC2CC(=O)O)nc2ccccc21. The van der Waals surface area contributed by atoms with Crippen LogP contribution in [0, 0.1) is 17.7 Å². The van der Waals surface area contributed by atoms with Gasteiger partial charge in [0.25, 0.3) is 5.91 Å². The second-order valence-corrected chi connectivity index (χ2v) is 7.95. The number of nitrogens with zero attached hydrogens (tertiary/aromatic N) is 3. The molecule has 2 heterocycles. The molecule has 2 aromatic carbocycles. The van der Waals surface area contributed by atoms with Gasteiger partial charge in [0.05, 0.1) is 11.0 Å². The summed E-state index contributed by atoms with van der Waals surface area (Å²) in [6, 6.07) is 13.5. The summed E-state index contributed by atoms with van der Waals surface area (Å²) in [6.45, 7) is 0.892. The highest BCUT2D eigenvalue weighted by Crippen LogP contribution is 2.31. The number of carboxylic acid groups (broad SMARTS) is 1. The number of carboxylic acids is 1. The molecule has 1 amide bonds. The van der Waals surface area contributed by atoms with E-state index in [2.05, 4.69) is 0 Å². The number of halogens is 1. The fraction of sp³-hybridized carbons (Fsp3) is 0.348. The normalized spacial score (nSPS) is 19.2. The Morgan fingerprint density at radius 2 is 1.97 bits per heavy atom. The van der Waals surface area contributed by atoms with Gasteiger partial charge in [-0.15, -0.1) is 0 Å². The molecule has 0 saturated carbocycles. The lowest BCUT2D eigenvalue weighted by molar-refractivity contribution is -0.139. The summed E-state index contributed by atoms with van der Waals surface area (Å²) in [5.41, 5.74) is 2.23. The molecule has 1 aliphatic heterocycles. The molecule has 0 spiro atoms. The van der Waals surface area contributed by atoms with Crippen LogP contribution in [0.3, 0.4) is 0 Å². The first-order valence-corrected chi connectivity index (χ1v) is 10.1. The molecule has 0 bridgehead atoms. The monoisotopic (exact) mass is 409 g/mol. The molecule has 30 heavy (non-hydrogen) atoms. The number of fused-ring (bicyclic) bond motifs is 1. The van der Waals surface area contributed by atoms with Crippen molar-refractivity contribution in [1.29, 1.82) is 0 Å². The van der Waals surface area contributed by atoms with E-state index >= 15 is 0 Å². The van der Waals surface area contributed by atoms with Crippen molar-refractivity contribution >= 4 is 22.9 Å². The van der Waals surface area contributed by atoms with Crippen molar-refractivity contribution in [3.8, 4) is 0 Å². The molecule has 1 fully saturated rings. The van der Waals surface area contributed by atoms with Gasteiger partial charge in [0.15, 0.2) is 0 Å². The highest BCUT2D eigenvalue weighted by molar-refractivity contribution is 5.94. The number of likely N-dealkylation sites (tertiary alicyclic amines) is 1. The van der Waals surface area contributed by atoms with Crippen LogP contribution in [0.2, 0.25) is 0 Å². The van der Waals surface area contributed by atoms with Crippen molar-refractivity contribution in [3.63, 3.8) is 0 Å². The Bertz CT molecular complexity index is 1090. The Hall–Kier alpha value is -3.22. The third kappa shape index (κ3) is 4.06. The highest BCUT2D eigenvalue weighted by Gasteiger charge is 2.34. The average Bonchev–Trinajstić information content (AvgIpc) is 3.04. The zero-order valence-electron chi connectivity index (χ0n) is 16.8. The lowest BCUT2D eigenvalue weighted by Crippen LogP contribution is -2.45. The zero-order chi connectivity index (χ0) is 21.3. The summed E-state index contributed by atoms with van der Waals surface area (Å²) in [6.07, 6.45) is 1.24. The van der Waals surface area contributed by atoms with Crippen LogP contribution < -0.4 is 0 Å². The molecule has 0 radical (unpaired) electrons. The predicted molar refractivity (Wildman–Crippen MR) is 111 cm³/mol. The molecule has 156 valence electrons. The molecule has 1 saturated heterocycles. The Morgan fingerprint density at radius 1 is 1.17 bits per heavy atom. The van der Waals surface area contributed by atoms with Gasteiger partial charge in [0.2, 0.25) is 0 Å². The zero-order valence-corrected chi connectivity index (χ0v) is 16.8. The van der Waals surface area contributed by atoms with Gasteiger partial charge in [-0.2, -0.15) is 0 Å². The molecule has 7 heteroatoms. The van der Waals surface area contributed by atoms with Crippen molar-refractivity contribution in [1.82, 2.24) is 14.5 Å². The second kappa shape index (κ2) is 8.26. The largest absolute Gasteiger partial charge is 0.481 e. The predicted octanol–water partition coefficient (Wildman–Crippen LogP) is 3.51. The molecule has 2 atom stereocenters. The van der Waals surface area contributed by atoms with Crippen LogP contribution in [-0.4, -0.2) is 44.5 Å². The molecule has 3 aromatic rings. The first-order chi connectivity index (χ1) is 14.4. The minimum absolute atomic E-state index is 0.0390. The molecule has 1 aromatic heterocycles. The van der Waals surface area contributed by atoms with Crippen molar-refractivity contribution in [2.45, 2.75) is 19.3 Å². The van der Waals surface area contributed by atoms with Gasteiger partial charge in [-0.05, 0) is 48.6 Å². The number of carbonyl (C=O) groups excluding carboxylic acids is 1. The highest BCUT2D eigenvalue weighted by atomic mass is 19.1. The Morgan fingerprint density at radius 3 is 2.70 bits per heavy atom. The van der Waals surface area contributed by atoms with Crippen LogP contribution in [0.1, 0.15) is 29.0 Å². The summed E-state index contributed by atoms with van der Waals surface area (Å²) in [5.74, 6) is -0.713. The van der Waals surface area contributed by atoms with Crippen LogP contribution in [0.4, 0.5) is 4.39 Å². The number of carbonyl (C=O) groups is 2. The van der Waals surface area contributed by atoms with Crippen LogP contribution in [-0.2, 0) is 18.3 Å². The summed E-state index contributed by atoms with van der Waals surface area (Å²) in [5, 5.41) is 9.36. The van der Waals surface area contributed by atoms with Gasteiger partial charge in [-0.3, -0.25) is 9.59 Å². The molecule has 2 unspecified atom stereocenters. The number of hydrogen-bond donors (Lipinski definition) is 1. The first-order valence-electron chi connectivity index (χ1n) is 10.1. The molecule has 1 N–H and O–H groups in total. The number of rotatable bonds is 5. The van der Waals surface area contributed by atoms with Gasteiger partial charge in [0, 0.05) is 38.5 Å². The van der Waals surface area contributed by atoms with Crippen LogP contribution >= 0.6 is 0 Å². The van der Waals surface area contributed by atoms with Gasteiger partial charge in [-0.1, -0.05) is 18.2 Å². The molecule has 4 rings (SSSR count). The fourth-order valence-electron chi connectivity index (χ4n) is 4.41. The van der Waals surface area contributed by atoms with E-state index in [9.17, 15) is 19.1 Å². The van der Waals surface area contributed by atoms with Gasteiger partial charge >= 0.3 is 5.97 Å². The number of aliphatic carboxylic acids is 1. The van der Waals surface area contributed by atoms with Crippen molar-refractivity contribution in [2.75, 3.05) is 13.1 Å². The first kappa shape index (κ1) is 20.1. The van der Waals surface area contributed by atoms with Crippen molar-refractivity contribution in [2.24, 2.45) is 18.9 Å². The maximum atomic E-state index is 13.6. The molecule has 0 aliphatic carbocycles. The number of para-hydroxylation sites is 2. The molecule has 6 nitrogen and oxygen atoms in total.